The molecule has 0 saturated heterocycles. The van der Waals surface area contributed by atoms with Gasteiger partial charge in [-0.25, -0.2) is 5.43 Å². The Bertz CT molecular complexity index is 732. The van der Waals surface area contributed by atoms with Crippen LogP contribution < -0.4 is 10.2 Å². The summed E-state index contributed by atoms with van der Waals surface area (Å²) in [6, 6.07) is 15.0. The number of hydrogen-bond acceptors (Lipinski definition) is 4. The number of thioether (sulfide) groups is 1. The van der Waals surface area contributed by atoms with Gasteiger partial charge in [0.15, 0.2) is 0 Å². The number of halogens is 1. The summed E-state index contributed by atoms with van der Waals surface area (Å²) in [6.07, 6.45) is 3.65. The molecule has 1 N–H and O–H groups in total. The minimum Gasteiger partial charge on any atom is -0.490 e. The second kappa shape index (κ2) is 10.6. The number of amides is 1. The first-order valence-corrected chi connectivity index (χ1v) is 9.08. The highest BCUT2D eigenvalue weighted by Gasteiger charge is 2.01. The molecule has 0 aromatic heterocycles. The third-order valence-electron chi connectivity index (χ3n) is 3.04. The van der Waals surface area contributed by atoms with Gasteiger partial charge in [-0.3, -0.25) is 4.79 Å². The van der Waals surface area contributed by atoms with Gasteiger partial charge in [0.1, 0.15) is 12.4 Å². The van der Waals surface area contributed by atoms with Crippen LogP contribution in [0.4, 0.5) is 0 Å². The lowest BCUT2D eigenvalue weighted by molar-refractivity contribution is -0.120. The van der Waals surface area contributed by atoms with E-state index in [1.54, 1.807) is 24.1 Å². The van der Waals surface area contributed by atoms with Crippen molar-refractivity contribution in [2.75, 3.05) is 12.4 Å². The second-order valence-electron chi connectivity index (χ2n) is 5.02. The average Bonchev–Trinajstić information content (AvgIpc) is 2.62. The van der Waals surface area contributed by atoms with Crippen molar-refractivity contribution < 1.29 is 9.53 Å². The van der Waals surface area contributed by atoms with Crippen molar-refractivity contribution in [3.05, 3.63) is 71.8 Å². The molecule has 0 unspecified atom stereocenters. The Labute approximate surface area is 156 Å². The number of rotatable bonds is 9. The molecular formula is C19H19ClN2O2S. The molecule has 0 aliphatic carbocycles. The van der Waals surface area contributed by atoms with Crippen LogP contribution in [0.3, 0.4) is 0 Å². The maximum Gasteiger partial charge on any atom is 0.240 e. The van der Waals surface area contributed by atoms with Gasteiger partial charge >= 0.3 is 0 Å². The fraction of sp³-hybridized carbons (Fsp3) is 0.158. The molecule has 0 aliphatic heterocycles. The van der Waals surface area contributed by atoms with Crippen molar-refractivity contribution in [1.82, 2.24) is 5.43 Å². The summed E-state index contributed by atoms with van der Waals surface area (Å²) in [5.41, 5.74) is 3.37. The molecular weight excluding hydrogens is 356 g/mol. The highest BCUT2D eigenvalue weighted by molar-refractivity contribution is 7.99. The Morgan fingerprint density at radius 1 is 1.28 bits per heavy atom. The van der Waals surface area contributed by atoms with Crippen LogP contribution in [0.15, 0.2) is 71.2 Å². The Hall–Kier alpha value is -2.24. The predicted molar refractivity (Wildman–Crippen MR) is 105 cm³/mol. The number of nitrogens with zero attached hydrogens (tertiary/aromatic N) is 1. The standard InChI is InChI=1S/C19H19ClN2O2S/c1-2-11-24-17-5-3-4-15(13-17)14-21-22-19(23)10-12-25-18-8-6-16(20)7-9-18/h2-9,13-14H,1,10-12H2,(H,22,23)/b21-14-. The van der Waals surface area contributed by atoms with Gasteiger partial charge in [-0.1, -0.05) is 36.4 Å². The molecule has 2 rings (SSSR count). The molecule has 25 heavy (non-hydrogen) atoms. The first kappa shape index (κ1) is 19.1. The van der Waals surface area contributed by atoms with Crippen molar-refractivity contribution >= 4 is 35.5 Å². The van der Waals surface area contributed by atoms with Crippen molar-refractivity contribution in [2.24, 2.45) is 5.10 Å². The van der Waals surface area contributed by atoms with E-state index in [0.29, 0.717) is 23.8 Å². The molecule has 1 amide bonds. The van der Waals surface area contributed by atoms with Crippen molar-refractivity contribution in [1.29, 1.82) is 0 Å². The van der Waals surface area contributed by atoms with E-state index < -0.39 is 0 Å². The number of ether oxygens (including phenoxy) is 1. The van der Waals surface area contributed by atoms with Gasteiger partial charge in [0.05, 0.1) is 6.21 Å². The average molecular weight is 375 g/mol. The van der Waals surface area contributed by atoms with E-state index in [9.17, 15) is 4.79 Å². The Morgan fingerprint density at radius 2 is 2.08 bits per heavy atom. The molecule has 0 fully saturated rings. The summed E-state index contributed by atoms with van der Waals surface area (Å²) in [5, 5.41) is 4.68. The van der Waals surface area contributed by atoms with Crippen LogP contribution in [0.1, 0.15) is 12.0 Å². The van der Waals surface area contributed by atoms with E-state index in [1.807, 2.05) is 48.5 Å². The lowest BCUT2D eigenvalue weighted by Gasteiger charge is -2.03. The molecule has 0 radical (unpaired) electrons. The Morgan fingerprint density at radius 3 is 2.84 bits per heavy atom. The number of hydrazone groups is 1. The molecule has 2 aromatic rings. The lowest BCUT2D eigenvalue weighted by atomic mass is 10.2. The minimum atomic E-state index is -0.128. The Kier molecular flexibility index (Phi) is 8.09. The lowest BCUT2D eigenvalue weighted by Crippen LogP contribution is -2.17. The summed E-state index contributed by atoms with van der Waals surface area (Å²) in [4.78, 5) is 12.9. The van der Waals surface area contributed by atoms with Crippen LogP contribution in [0, 0.1) is 0 Å². The number of hydrogen-bond donors (Lipinski definition) is 1. The van der Waals surface area contributed by atoms with Gasteiger partial charge in [-0.05, 0) is 42.0 Å². The second-order valence-corrected chi connectivity index (χ2v) is 6.62. The van der Waals surface area contributed by atoms with E-state index in [0.717, 1.165) is 16.2 Å². The van der Waals surface area contributed by atoms with Crippen LogP contribution in [0.25, 0.3) is 0 Å². The first-order valence-electron chi connectivity index (χ1n) is 7.71. The fourth-order valence-corrected chi connectivity index (χ4v) is 2.84. The molecule has 0 spiro atoms. The zero-order valence-electron chi connectivity index (χ0n) is 13.7. The SMILES string of the molecule is C=CCOc1cccc(/C=N\NC(=O)CCSc2ccc(Cl)cc2)c1. The van der Waals surface area contributed by atoms with Crippen LogP contribution >= 0.6 is 23.4 Å². The zero-order chi connectivity index (χ0) is 17.9. The molecule has 0 bridgehead atoms. The van der Waals surface area contributed by atoms with E-state index in [2.05, 4.69) is 17.1 Å². The summed E-state index contributed by atoms with van der Waals surface area (Å²) in [5.74, 6) is 1.28. The van der Waals surface area contributed by atoms with Gasteiger partial charge in [0, 0.05) is 22.1 Å². The van der Waals surface area contributed by atoms with Crippen molar-refractivity contribution in [2.45, 2.75) is 11.3 Å². The van der Waals surface area contributed by atoms with Crippen molar-refractivity contribution in [3.8, 4) is 5.75 Å². The van der Waals surface area contributed by atoms with E-state index in [-0.39, 0.29) is 5.91 Å². The number of benzene rings is 2. The highest BCUT2D eigenvalue weighted by atomic mass is 35.5. The van der Waals surface area contributed by atoms with Crippen LogP contribution in [-0.4, -0.2) is 24.5 Å². The molecule has 0 heterocycles. The Balaban J connectivity index is 1.72. The van der Waals surface area contributed by atoms with Crippen LogP contribution in [-0.2, 0) is 4.79 Å². The maximum absolute atomic E-state index is 11.8. The van der Waals surface area contributed by atoms with Gasteiger partial charge in [-0.2, -0.15) is 5.10 Å². The number of carbonyl (C=O) groups is 1. The fourth-order valence-electron chi connectivity index (χ4n) is 1.87. The predicted octanol–water partition coefficient (Wildman–Crippen LogP) is 4.54. The van der Waals surface area contributed by atoms with Crippen molar-refractivity contribution in [3.63, 3.8) is 0 Å². The molecule has 0 atom stereocenters. The van der Waals surface area contributed by atoms with E-state index in [4.69, 9.17) is 16.3 Å². The van der Waals surface area contributed by atoms with Gasteiger partial charge in [-0.15, -0.1) is 11.8 Å². The quantitative estimate of drug-likeness (QED) is 0.303. The number of carbonyl (C=O) groups excluding carboxylic acids is 1. The van der Waals surface area contributed by atoms with E-state index >= 15 is 0 Å². The third-order valence-corrected chi connectivity index (χ3v) is 4.31. The smallest absolute Gasteiger partial charge is 0.240 e. The highest BCUT2D eigenvalue weighted by Crippen LogP contribution is 2.20. The summed E-state index contributed by atoms with van der Waals surface area (Å²) in [6.45, 7) is 4.06. The normalized spacial score (nSPS) is 10.6. The molecule has 0 aliphatic rings. The third kappa shape index (κ3) is 7.45. The van der Waals surface area contributed by atoms with Gasteiger partial charge in [0.25, 0.3) is 0 Å². The van der Waals surface area contributed by atoms with Crippen LogP contribution in [0.2, 0.25) is 5.02 Å². The first-order chi connectivity index (χ1) is 12.2. The molecule has 130 valence electrons. The molecule has 4 nitrogen and oxygen atoms in total. The molecule has 0 saturated carbocycles. The number of nitrogens with one attached hydrogen (secondary N) is 1. The molecule has 6 heteroatoms. The largest absolute Gasteiger partial charge is 0.490 e. The monoisotopic (exact) mass is 374 g/mol. The summed E-state index contributed by atoms with van der Waals surface area (Å²) >= 11 is 7.44. The van der Waals surface area contributed by atoms with Gasteiger partial charge in [0.2, 0.25) is 5.91 Å². The van der Waals surface area contributed by atoms with Crippen LogP contribution in [0.5, 0.6) is 5.75 Å². The maximum atomic E-state index is 11.8. The van der Waals surface area contributed by atoms with E-state index in [1.165, 1.54) is 0 Å². The summed E-state index contributed by atoms with van der Waals surface area (Å²) in [7, 11) is 0. The minimum absolute atomic E-state index is 0.128. The topological polar surface area (TPSA) is 50.7 Å². The molecule has 2 aromatic carbocycles. The zero-order valence-corrected chi connectivity index (χ0v) is 15.2. The summed E-state index contributed by atoms with van der Waals surface area (Å²) < 4.78 is 5.45. The van der Waals surface area contributed by atoms with Gasteiger partial charge < -0.3 is 4.74 Å².